The van der Waals surface area contributed by atoms with E-state index >= 15 is 0 Å². The number of sulfonamides is 1. The third-order valence-corrected chi connectivity index (χ3v) is 4.65. The van der Waals surface area contributed by atoms with Crippen molar-refractivity contribution in [1.29, 1.82) is 0 Å². The first kappa shape index (κ1) is 17.7. The molecule has 21 heavy (non-hydrogen) atoms. The summed E-state index contributed by atoms with van der Waals surface area (Å²) in [6.07, 6.45) is 0.520. The van der Waals surface area contributed by atoms with E-state index in [0.717, 1.165) is 16.8 Å². The Morgan fingerprint density at radius 1 is 1.29 bits per heavy atom. The standard InChI is InChI=1S/C15H24N2O3S/c1-5-9-21(19,20)16-10-14(18)17-15-12(4)7-6-8-13(15)11(2)3/h6-8,11,16H,5,9-10H2,1-4H3,(H,17,18). The van der Waals surface area contributed by atoms with Crippen LogP contribution in [0.5, 0.6) is 0 Å². The molecule has 0 unspecified atom stereocenters. The van der Waals surface area contributed by atoms with Crippen LogP contribution < -0.4 is 10.0 Å². The minimum Gasteiger partial charge on any atom is -0.324 e. The van der Waals surface area contributed by atoms with Crippen molar-refractivity contribution in [2.75, 3.05) is 17.6 Å². The molecule has 0 heterocycles. The molecule has 1 amide bonds. The minimum atomic E-state index is -3.37. The first-order valence-corrected chi connectivity index (χ1v) is 8.78. The van der Waals surface area contributed by atoms with Crippen LogP contribution in [-0.2, 0) is 14.8 Å². The molecular weight excluding hydrogens is 288 g/mol. The summed E-state index contributed by atoms with van der Waals surface area (Å²) in [7, 11) is -3.37. The summed E-state index contributed by atoms with van der Waals surface area (Å²) in [4.78, 5) is 12.0. The monoisotopic (exact) mass is 312 g/mol. The summed E-state index contributed by atoms with van der Waals surface area (Å²) in [5, 5.41) is 2.81. The molecule has 0 spiro atoms. The van der Waals surface area contributed by atoms with Gasteiger partial charge >= 0.3 is 0 Å². The molecule has 0 bridgehead atoms. The second-order valence-corrected chi connectivity index (χ2v) is 7.31. The molecule has 118 valence electrons. The molecule has 1 rings (SSSR count). The smallest absolute Gasteiger partial charge is 0.239 e. The van der Waals surface area contributed by atoms with Crippen LogP contribution in [0.2, 0.25) is 0 Å². The number of para-hydroxylation sites is 1. The van der Waals surface area contributed by atoms with E-state index in [1.165, 1.54) is 0 Å². The Bertz CT molecular complexity index is 595. The normalized spacial score (nSPS) is 11.7. The van der Waals surface area contributed by atoms with E-state index in [9.17, 15) is 13.2 Å². The van der Waals surface area contributed by atoms with Gasteiger partial charge in [0.1, 0.15) is 0 Å². The fourth-order valence-electron chi connectivity index (χ4n) is 2.04. The Labute approximate surface area is 127 Å². The number of hydrogen-bond donors (Lipinski definition) is 2. The fourth-order valence-corrected chi connectivity index (χ4v) is 3.08. The lowest BCUT2D eigenvalue weighted by Gasteiger charge is -2.16. The molecule has 0 aliphatic rings. The lowest BCUT2D eigenvalue weighted by Crippen LogP contribution is -2.34. The molecule has 0 saturated heterocycles. The van der Waals surface area contributed by atoms with Crippen LogP contribution in [0, 0.1) is 6.92 Å². The van der Waals surface area contributed by atoms with Gasteiger partial charge in [0, 0.05) is 5.69 Å². The van der Waals surface area contributed by atoms with Gasteiger partial charge in [0.2, 0.25) is 15.9 Å². The topological polar surface area (TPSA) is 75.3 Å². The first-order chi connectivity index (χ1) is 9.76. The SMILES string of the molecule is CCCS(=O)(=O)NCC(=O)Nc1c(C)cccc1C(C)C. The summed E-state index contributed by atoms with van der Waals surface area (Å²) in [6.45, 7) is 7.56. The van der Waals surface area contributed by atoms with E-state index < -0.39 is 10.0 Å². The lowest BCUT2D eigenvalue weighted by atomic mass is 9.98. The molecule has 5 nitrogen and oxygen atoms in total. The fraction of sp³-hybridized carbons (Fsp3) is 0.533. The van der Waals surface area contributed by atoms with Gasteiger partial charge in [-0.1, -0.05) is 39.0 Å². The van der Waals surface area contributed by atoms with Crippen LogP contribution in [0.3, 0.4) is 0 Å². The molecule has 0 radical (unpaired) electrons. The van der Waals surface area contributed by atoms with Crippen LogP contribution in [0.15, 0.2) is 18.2 Å². The second kappa shape index (κ2) is 7.56. The summed E-state index contributed by atoms with van der Waals surface area (Å²) < 4.78 is 25.4. The molecule has 0 aliphatic carbocycles. The zero-order chi connectivity index (χ0) is 16.0. The van der Waals surface area contributed by atoms with Crippen molar-refractivity contribution in [2.45, 2.75) is 40.0 Å². The molecule has 2 N–H and O–H groups in total. The number of aryl methyl sites for hydroxylation is 1. The number of amides is 1. The van der Waals surface area contributed by atoms with Gasteiger partial charge in [-0.15, -0.1) is 0 Å². The van der Waals surface area contributed by atoms with Crippen molar-refractivity contribution in [3.05, 3.63) is 29.3 Å². The molecule has 0 saturated carbocycles. The van der Waals surface area contributed by atoms with Crippen molar-refractivity contribution < 1.29 is 13.2 Å². The third kappa shape index (κ3) is 5.47. The molecule has 1 aromatic carbocycles. The van der Waals surface area contributed by atoms with Gasteiger partial charge in [-0.2, -0.15) is 0 Å². The summed E-state index contributed by atoms with van der Waals surface area (Å²) in [5.74, 6) is -0.0510. The third-order valence-electron chi connectivity index (χ3n) is 3.12. The Morgan fingerprint density at radius 2 is 1.95 bits per heavy atom. The van der Waals surface area contributed by atoms with Crippen LogP contribution in [0.1, 0.15) is 44.2 Å². The Hall–Kier alpha value is -1.40. The van der Waals surface area contributed by atoms with Gasteiger partial charge in [0.15, 0.2) is 0 Å². The van der Waals surface area contributed by atoms with Crippen LogP contribution in [0.25, 0.3) is 0 Å². The van der Waals surface area contributed by atoms with E-state index in [2.05, 4.69) is 10.0 Å². The molecule has 0 aromatic heterocycles. The van der Waals surface area contributed by atoms with Crippen molar-refractivity contribution in [1.82, 2.24) is 4.72 Å². The van der Waals surface area contributed by atoms with Gasteiger partial charge in [-0.05, 0) is 30.4 Å². The molecule has 6 heteroatoms. The average molecular weight is 312 g/mol. The minimum absolute atomic E-state index is 0.0297. The highest BCUT2D eigenvalue weighted by atomic mass is 32.2. The predicted octanol–water partition coefficient (Wildman–Crippen LogP) is 2.39. The van der Waals surface area contributed by atoms with E-state index in [4.69, 9.17) is 0 Å². The summed E-state index contributed by atoms with van der Waals surface area (Å²) in [5.41, 5.74) is 2.78. The van der Waals surface area contributed by atoms with Gasteiger partial charge < -0.3 is 5.32 Å². The number of carbonyl (C=O) groups excluding carboxylic acids is 1. The zero-order valence-corrected chi connectivity index (χ0v) is 13.9. The highest BCUT2D eigenvalue weighted by Crippen LogP contribution is 2.27. The van der Waals surface area contributed by atoms with Crippen LogP contribution in [0.4, 0.5) is 5.69 Å². The van der Waals surface area contributed by atoms with Gasteiger partial charge in [-0.3, -0.25) is 4.79 Å². The van der Waals surface area contributed by atoms with Gasteiger partial charge in [0.05, 0.1) is 12.3 Å². The number of benzene rings is 1. The van der Waals surface area contributed by atoms with Crippen LogP contribution in [-0.4, -0.2) is 26.6 Å². The van der Waals surface area contributed by atoms with Crippen molar-refractivity contribution in [3.8, 4) is 0 Å². The molecular formula is C15H24N2O3S. The van der Waals surface area contributed by atoms with E-state index in [-0.39, 0.29) is 24.1 Å². The van der Waals surface area contributed by atoms with Crippen molar-refractivity contribution in [2.24, 2.45) is 0 Å². The van der Waals surface area contributed by atoms with Gasteiger partial charge in [-0.25, -0.2) is 13.1 Å². The molecule has 0 atom stereocenters. The van der Waals surface area contributed by atoms with Crippen molar-refractivity contribution in [3.63, 3.8) is 0 Å². The maximum absolute atomic E-state index is 12.0. The van der Waals surface area contributed by atoms with Crippen molar-refractivity contribution >= 4 is 21.6 Å². The zero-order valence-electron chi connectivity index (χ0n) is 13.1. The first-order valence-electron chi connectivity index (χ1n) is 7.13. The molecule has 1 aromatic rings. The quantitative estimate of drug-likeness (QED) is 0.811. The Balaban J connectivity index is 2.76. The second-order valence-electron chi connectivity index (χ2n) is 5.38. The maximum Gasteiger partial charge on any atom is 0.239 e. The highest BCUT2D eigenvalue weighted by molar-refractivity contribution is 7.89. The molecule has 0 fully saturated rings. The molecule has 0 aliphatic heterocycles. The number of rotatable bonds is 7. The summed E-state index contributed by atoms with van der Waals surface area (Å²) in [6, 6.07) is 5.83. The lowest BCUT2D eigenvalue weighted by molar-refractivity contribution is -0.115. The Kier molecular flexibility index (Phi) is 6.36. The number of anilines is 1. The number of carbonyl (C=O) groups is 1. The van der Waals surface area contributed by atoms with E-state index in [0.29, 0.717) is 6.42 Å². The highest BCUT2D eigenvalue weighted by Gasteiger charge is 2.14. The average Bonchev–Trinajstić information content (AvgIpc) is 2.38. The number of nitrogens with one attached hydrogen (secondary N) is 2. The Morgan fingerprint density at radius 3 is 2.52 bits per heavy atom. The largest absolute Gasteiger partial charge is 0.324 e. The van der Waals surface area contributed by atoms with Gasteiger partial charge in [0.25, 0.3) is 0 Å². The summed E-state index contributed by atoms with van der Waals surface area (Å²) >= 11 is 0. The van der Waals surface area contributed by atoms with E-state index in [1.807, 2.05) is 39.0 Å². The maximum atomic E-state index is 12.0. The van der Waals surface area contributed by atoms with Crippen LogP contribution >= 0.6 is 0 Å². The van der Waals surface area contributed by atoms with E-state index in [1.54, 1.807) is 6.92 Å². The number of hydrogen-bond acceptors (Lipinski definition) is 3. The predicted molar refractivity (Wildman–Crippen MR) is 86.0 cm³/mol.